The van der Waals surface area contributed by atoms with Gasteiger partial charge in [-0.1, -0.05) is 0 Å². The number of hydrogen-bond acceptors (Lipinski definition) is 3. The van der Waals surface area contributed by atoms with Crippen LogP contribution in [0.1, 0.15) is 27.7 Å². The van der Waals surface area contributed by atoms with Gasteiger partial charge in [-0.25, -0.2) is 0 Å². The second-order valence-corrected chi connectivity index (χ2v) is 9.40. The Morgan fingerprint density at radius 2 is 1.31 bits per heavy atom. The summed E-state index contributed by atoms with van der Waals surface area (Å²) in [5.41, 5.74) is 6.86. The third kappa shape index (κ3) is 2.92. The minimum absolute atomic E-state index is 0.144. The second kappa shape index (κ2) is 5.92. The molecule has 0 rings (SSSR count). The maximum absolute atomic E-state index is 6.57. The van der Waals surface area contributed by atoms with Crippen molar-refractivity contribution in [2.24, 2.45) is 5.50 Å². The Bertz CT molecular complexity index is 227. The SMILES string of the molecule is C=CCOP(N)(OCC=C)(C(C)C)C(C)C. The molecule has 0 amide bonds. The first-order valence-electron chi connectivity index (χ1n) is 5.66. The molecule has 0 aliphatic carbocycles. The fourth-order valence-corrected chi connectivity index (χ4v) is 4.96. The van der Waals surface area contributed by atoms with Crippen molar-refractivity contribution >= 4 is 7.21 Å². The van der Waals surface area contributed by atoms with Gasteiger partial charge in [0.05, 0.1) is 0 Å². The third-order valence-corrected chi connectivity index (χ3v) is 8.45. The van der Waals surface area contributed by atoms with Crippen molar-refractivity contribution in [2.75, 3.05) is 13.2 Å². The predicted molar refractivity (Wildman–Crippen MR) is 73.7 cm³/mol. The van der Waals surface area contributed by atoms with Crippen LogP contribution < -0.4 is 5.50 Å². The average Bonchev–Trinajstić information content (AvgIpc) is 2.23. The summed E-state index contributed by atoms with van der Waals surface area (Å²) in [7, 11) is -3.12. The zero-order chi connectivity index (χ0) is 12.8. The fraction of sp³-hybridized carbons (Fsp3) is 0.667. The molecule has 0 saturated heterocycles. The van der Waals surface area contributed by atoms with Gasteiger partial charge in [-0.15, -0.1) is 0 Å². The van der Waals surface area contributed by atoms with E-state index < -0.39 is 7.21 Å². The molecule has 4 heteroatoms. The molecule has 0 fully saturated rings. The maximum atomic E-state index is 6.57. The molecule has 3 nitrogen and oxygen atoms in total. The van der Waals surface area contributed by atoms with Crippen LogP contribution in [0.2, 0.25) is 0 Å². The third-order valence-electron chi connectivity index (χ3n) is 2.97. The Morgan fingerprint density at radius 1 is 1.00 bits per heavy atom. The molecule has 0 heterocycles. The van der Waals surface area contributed by atoms with Gasteiger partial charge in [0.15, 0.2) is 0 Å². The second-order valence-electron chi connectivity index (χ2n) is 4.51. The van der Waals surface area contributed by atoms with Crippen molar-refractivity contribution in [1.82, 2.24) is 0 Å². The van der Waals surface area contributed by atoms with E-state index in [2.05, 4.69) is 13.2 Å². The summed E-state index contributed by atoms with van der Waals surface area (Å²) < 4.78 is 11.8. The topological polar surface area (TPSA) is 44.5 Å². The first-order valence-corrected chi connectivity index (χ1v) is 7.94. The van der Waals surface area contributed by atoms with E-state index in [1.807, 2.05) is 27.7 Å². The van der Waals surface area contributed by atoms with Crippen LogP contribution in [0.3, 0.4) is 0 Å². The van der Waals surface area contributed by atoms with Crippen LogP contribution in [0, 0.1) is 0 Å². The van der Waals surface area contributed by atoms with Gasteiger partial charge in [0.25, 0.3) is 0 Å². The molecule has 0 aromatic rings. The monoisotopic (exact) mass is 247 g/mol. The minimum atomic E-state index is -3.12. The van der Waals surface area contributed by atoms with Crippen LogP contribution in [0.25, 0.3) is 0 Å². The molecule has 0 atom stereocenters. The van der Waals surface area contributed by atoms with E-state index >= 15 is 0 Å². The Hall–Kier alpha value is -0.210. The van der Waals surface area contributed by atoms with Gasteiger partial charge in [-0.05, 0) is 0 Å². The molecule has 96 valence electrons. The van der Waals surface area contributed by atoms with Crippen molar-refractivity contribution in [3.63, 3.8) is 0 Å². The molecule has 0 aliphatic rings. The molecule has 0 spiro atoms. The molecule has 0 unspecified atom stereocenters. The van der Waals surface area contributed by atoms with Crippen LogP contribution in [0.5, 0.6) is 0 Å². The fourth-order valence-electron chi connectivity index (χ4n) is 1.65. The molecule has 0 radical (unpaired) electrons. The summed E-state index contributed by atoms with van der Waals surface area (Å²) in [5, 5.41) is 0. The zero-order valence-electron chi connectivity index (χ0n) is 11.0. The van der Waals surface area contributed by atoms with Crippen LogP contribution in [-0.2, 0) is 9.05 Å². The molecule has 16 heavy (non-hydrogen) atoms. The van der Waals surface area contributed by atoms with Crippen LogP contribution in [0.4, 0.5) is 0 Å². The number of hydrogen-bond donors (Lipinski definition) is 1. The first-order chi connectivity index (χ1) is 7.32. The summed E-state index contributed by atoms with van der Waals surface area (Å²) in [5.74, 6) is 0. The molecule has 0 aromatic heterocycles. The first kappa shape index (κ1) is 15.8. The summed E-state index contributed by atoms with van der Waals surface area (Å²) >= 11 is 0. The van der Waals surface area contributed by atoms with Crippen LogP contribution in [-0.4, -0.2) is 24.5 Å². The normalized spacial score (nSPS) is 14.8. The van der Waals surface area contributed by atoms with E-state index in [0.717, 1.165) is 0 Å². The van der Waals surface area contributed by atoms with E-state index in [1.165, 1.54) is 0 Å². The van der Waals surface area contributed by atoms with E-state index in [9.17, 15) is 0 Å². The van der Waals surface area contributed by atoms with Crippen molar-refractivity contribution in [3.05, 3.63) is 25.3 Å². The molecule has 0 bridgehead atoms. The quantitative estimate of drug-likeness (QED) is 0.527. The van der Waals surface area contributed by atoms with E-state index in [1.54, 1.807) is 12.2 Å². The number of rotatable bonds is 8. The zero-order valence-corrected chi connectivity index (χ0v) is 11.9. The van der Waals surface area contributed by atoms with E-state index in [0.29, 0.717) is 13.2 Å². The van der Waals surface area contributed by atoms with E-state index in [-0.39, 0.29) is 11.3 Å². The Morgan fingerprint density at radius 3 is 1.50 bits per heavy atom. The van der Waals surface area contributed by atoms with Gasteiger partial charge >= 0.3 is 99.3 Å². The molecule has 0 saturated carbocycles. The van der Waals surface area contributed by atoms with Gasteiger partial charge in [0.2, 0.25) is 0 Å². The van der Waals surface area contributed by atoms with Gasteiger partial charge in [-0.2, -0.15) is 0 Å². The number of nitrogens with two attached hydrogens (primary N) is 1. The van der Waals surface area contributed by atoms with Gasteiger partial charge < -0.3 is 0 Å². The van der Waals surface area contributed by atoms with Gasteiger partial charge in [0, 0.05) is 0 Å². The summed E-state index contributed by atoms with van der Waals surface area (Å²) in [6.45, 7) is 16.3. The molecule has 2 N–H and O–H groups in total. The van der Waals surface area contributed by atoms with Crippen LogP contribution in [0.15, 0.2) is 25.3 Å². The molecular weight excluding hydrogens is 221 g/mol. The molecule has 0 aromatic carbocycles. The standard InChI is InChI=1S/C12H26NO2P/c1-7-9-14-16(13,11(3)4,12(5)6)15-10-8-2/h7-8,11-12H,1-2,9-10,13H2,3-6H3. The van der Waals surface area contributed by atoms with E-state index in [4.69, 9.17) is 14.6 Å². The van der Waals surface area contributed by atoms with Crippen molar-refractivity contribution in [3.8, 4) is 0 Å². The summed E-state index contributed by atoms with van der Waals surface area (Å²) in [6.07, 6.45) is 3.41. The molecular formula is C12H26NO2P. The van der Waals surface area contributed by atoms with Crippen molar-refractivity contribution in [1.29, 1.82) is 0 Å². The summed E-state index contributed by atoms with van der Waals surface area (Å²) in [4.78, 5) is 0. The Labute approximate surface area is 99.8 Å². The van der Waals surface area contributed by atoms with Crippen LogP contribution >= 0.6 is 7.21 Å². The Balaban J connectivity index is 5.19. The molecule has 0 aliphatic heterocycles. The summed E-state index contributed by atoms with van der Waals surface area (Å²) in [6, 6.07) is 0. The van der Waals surface area contributed by atoms with Crippen molar-refractivity contribution < 1.29 is 9.05 Å². The Kier molecular flexibility index (Phi) is 5.85. The predicted octanol–water partition coefficient (Wildman–Crippen LogP) is 3.47. The van der Waals surface area contributed by atoms with Gasteiger partial charge in [-0.3, -0.25) is 0 Å². The average molecular weight is 247 g/mol. The van der Waals surface area contributed by atoms with Gasteiger partial charge in [0.1, 0.15) is 0 Å². The van der Waals surface area contributed by atoms with Crippen molar-refractivity contribution in [2.45, 2.75) is 39.0 Å².